The summed E-state index contributed by atoms with van der Waals surface area (Å²) in [5, 5.41) is 14.5. The van der Waals surface area contributed by atoms with Crippen molar-refractivity contribution in [1.82, 2.24) is 5.48 Å². The van der Waals surface area contributed by atoms with Crippen LogP contribution in [0.25, 0.3) is 0 Å². The van der Waals surface area contributed by atoms with Crippen LogP contribution in [0.3, 0.4) is 0 Å². The molecule has 0 aliphatic heterocycles. The minimum atomic E-state index is -0.497. The Morgan fingerprint density at radius 1 is 1.04 bits per heavy atom. The lowest BCUT2D eigenvalue weighted by Crippen LogP contribution is -2.38. The molecule has 2 rings (SSSR count). The third-order valence-corrected chi connectivity index (χ3v) is 4.36. The Labute approximate surface area is 152 Å². The molecule has 0 radical (unpaired) electrons. The Morgan fingerprint density at radius 2 is 1.69 bits per heavy atom. The summed E-state index contributed by atoms with van der Waals surface area (Å²) in [6.45, 7) is 4.49. The first-order valence-electron chi connectivity index (χ1n) is 8.77. The predicted molar refractivity (Wildman–Crippen MR) is 101 cm³/mol. The monoisotopic (exact) mass is 359 g/mol. The highest BCUT2D eigenvalue weighted by molar-refractivity contribution is 5.75. The van der Waals surface area contributed by atoms with Crippen LogP contribution in [-0.4, -0.2) is 17.7 Å². The van der Waals surface area contributed by atoms with E-state index in [2.05, 4.69) is 10.6 Å². The number of hydroxylamine groups is 1. The maximum atomic E-state index is 11.9. The lowest BCUT2D eigenvalue weighted by atomic mass is 10.1. The largest absolute Gasteiger partial charge is 0.380 e. The van der Waals surface area contributed by atoms with Gasteiger partial charge in [-0.1, -0.05) is 36.2 Å². The van der Waals surface area contributed by atoms with Crippen molar-refractivity contribution in [2.75, 3.05) is 17.2 Å². The molecule has 0 spiro atoms. The second-order valence-corrected chi connectivity index (χ2v) is 6.46. The van der Waals surface area contributed by atoms with Crippen LogP contribution in [0.1, 0.15) is 49.8 Å². The van der Waals surface area contributed by atoms with Gasteiger partial charge in [-0.3, -0.25) is 19.6 Å². The van der Waals surface area contributed by atoms with E-state index in [9.17, 15) is 14.4 Å². The van der Waals surface area contributed by atoms with Gasteiger partial charge in [0.05, 0.1) is 0 Å². The topological polar surface area (TPSA) is 108 Å². The van der Waals surface area contributed by atoms with Crippen LogP contribution in [-0.2, 0) is 4.79 Å². The van der Waals surface area contributed by atoms with E-state index in [4.69, 9.17) is 5.21 Å². The molecule has 0 unspecified atom stereocenters. The highest BCUT2D eigenvalue weighted by Gasteiger charge is 2.22. The lowest BCUT2D eigenvalue weighted by Gasteiger charge is -2.20. The first-order chi connectivity index (χ1) is 12.4. The van der Waals surface area contributed by atoms with Gasteiger partial charge in [0, 0.05) is 19.0 Å². The van der Waals surface area contributed by atoms with E-state index in [1.165, 1.54) is 0 Å². The molecule has 0 aromatic heterocycles. The molecule has 2 aromatic rings. The number of unbranched alkanes of at least 4 members (excludes halogenated alkanes) is 2. The first kappa shape index (κ1) is 19.7. The Morgan fingerprint density at radius 3 is 2.35 bits per heavy atom. The number of carbonyl (C=O) groups is 1. The number of amides is 1. The zero-order chi connectivity index (χ0) is 19.1. The number of rotatable bonds is 10. The molecule has 4 N–H and O–H groups in total. The molecular formula is C19H25N3O4. The van der Waals surface area contributed by atoms with Gasteiger partial charge in [-0.2, -0.15) is 0 Å². The van der Waals surface area contributed by atoms with Crippen molar-refractivity contribution in [2.45, 2.75) is 45.6 Å². The molecular weight excluding hydrogens is 334 g/mol. The number of aryl methyl sites for hydroxylation is 1. The van der Waals surface area contributed by atoms with E-state index in [-0.39, 0.29) is 12.5 Å². The average molecular weight is 359 g/mol. The summed E-state index contributed by atoms with van der Waals surface area (Å²) in [7, 11) is 0. The molecule has 26 heavy (non-hydrogen) atoms. The van der Waals surface area contributed by atoms with Crippen LogP contribution in [0.15, 0.2) is 33.9 Å². The van der Waals surface area contributed by atoms with Crippen molar-refractivity contribution in [1.29, 1.82) is 0 Å². The van der Waals surface area contributed by atoms with Crippen molar-refractivity contribution >= 4 is 17.3 Å². The normalized spacial score (nSPS) is 12.0. The number of nitrogens with one attached hydrogen (secondary N) is 3. The molecule has 0 aliphatic rings. The van der Waals surface area contributed by atoms with Crippen molar-refractivity contribution in [3.8, 4) is 0 Å². The fourth-order valence-electron chi connectivity index (χ4n) is 2.71. The lowest BCUT2D eigenvalue weighted by molar-refractivity contribution is -0.129. The molecule has 140 valence electrons. The summed E-state index contributed by atoms with van der Waals surface area (Å²) in [5.74, 6) is -0.406. The van der Waals surface area contributed by atoms with Gasteiger partial charge in [0.1, 0.15) is 11.4 Å². The highest BCUT2D eigenvalue weighted by atomic mass is 16.5. The van der Waals surface area contributed by atoms with E-state index in [0.717, 1.165) is 24.0 Å². The fourth-order valence-corrected chi connectivity index (χ4v) is 2.71. The fraction of sp³-hybridized carbons (Fsp3) is 0.421. The smallest absolute Gasteiger partial charge is 0.253 e. The zero-order valence-corrected chi connectivity index (χ0v) is 15.1. The molecule has 0 saturated carbocycles. The Kier molecular flexibility index (Phi) is 6.91. The number of hydrogen-bond donors (Lipinski definition) is 4. The summed E-state index contributed by atoms with van der Waals surface area (Å²) in [5.41, 5.74) is 3.47. The molecule has 0 saturated heterocycles. The zero-order valence-electron chi connectivity index (χ0n) is 15.1. The van der Waals surface area contributed by atoms with Gasteiger partial charge in [0.15, 0.2) is 0 Å². The van der Waals surface area contributed by atoms with Crippen molar-refractivity contribution in [3.63, 3.8) is 0 Å². The van der Waals surface area contributed by atoms with E-state index in [1.54, 1.807) is 5.48 Å². The van der Waals surface area contributed by atoms with Crippen LogP contribution < -0.4 is 27.0 Å². The predicted octanol–water partition coefficient (Wildman–Crippen LogP) is 2.24. The molecule has 0 fully saturated rings. The third kappa shape index (κ3) is 4.92. The molecule has 1 amide bonds. The highest BCUT2D eigenvalue weighted by Crippen LogP contribution is 2.22. The molecule has 0 bridgehead atoms. The summed E-state index contributed by atoms with van der Waals surface area (Å²) in [4.78, 5) is 34.5. The number of anilines is 2. The van der Waals surface area contributed by atoms with Crippen LogP contribution in [0.5, 0.6) is 0 Å². The first-order valence-corrected chi connectivity index (χ1v) is 8.77. The molecule has 7 heteroatoms. The van der Waals surface area contributed by atoms with Crippen LogP contribution in [0.2, 0.25) is 0 Å². The minimum absolute atomic E-state index is 0.0866. The van der Waals surface area contributed by atoms with Crippen molar-refractivity contribution in [2.24, 2.45) is 0 Å². The van der Waals surface area contributed by atoms with Gasteiger partial charge in [-0.05, 0) is 32.3 Å². The summed E-state index contributed by atoms with van der Waals surface area (Å²) in [6.07, 6.45) is 2.44. The summed E-state index contributed by atoms with van der Waals surface area (Å²) >= 11 is 0. The van der Waals surface area contributed by atoms with Gasteiger partial charge in [0.2, 0.25) is 5.91 Å². The van der Waals surface area contributed by atoms with Gasteiger partial charge >= 0.3 is 0 Å². The van der Waals surface area contributed by atoms with E-state index in [0.29, 0.717) is 24.3 Å². The number of benzene rings is 1. The summed E-state index contributed by atoms with van der Waals surface area (Å²) < 4.78 is 0. The van der Waals surface area contributed by atoms with Gasteiger partial charge in [0.25, 0.3) is 10.9 Å². The molecule has 0 heterocycles. The average Bonchev–Trinajstić information content (AvgIpc) is 2.65. The van der Waals surface area contributed by atoms with Crippen molar-refractivity contribution < 1.29 is 10.0 Å². The SMILES string of the molecule is Cc1ccc([C@H](C)Nc2c(NCCCCCC(=O)NO)c(=O)c2=O)cc1. The second kappa shape index (κ2) is 9.15. The van der Waals surface area contributed by atoms with Gasteiger partial charge in [-0.25, -0.2) is 5.48 Å². The van der Waals surface area contributed by atoms with Crippen LogP contribution >= 0.6 is 0 Å². The molecule has 2 aromatic carbocycles. The second-order valence-electron chi connectivity index (χ2n) is 6.46. The quantitative estimate of drug-likeness (QED) is 0.224. The third-order valence-electron chi connectivity index (χ3n) is 4.36. The summed E-state index contributed by atoms with van der Waals surface area (Å²) in [6, 6.07) is 7.91. The van der Waals surface area contributed by atoms with E-state index < -0.39 is 16.8 Å². The standard InChI is InChI=1S/C19H25N3O4/c1-12-7-9-14(10-8-12)13(2)21-17-16(18(24)19(17)25)20-11-5-3-4-6-15(23)22-26/h7-10,13,20-21,26H,3-6,11H2,1-2H3,(H,22,23)/t13-/m0/s1. The maximum absolute atomic E-state index is 11.9. The maximum Gasteiger partial charge on any atom is 0.253 e. The minimum Gasteiger partial charge on any atom is -0.380 e. The molecule has 1 atom stereocenters. The van der Waals surface area contributed by atoms with E-state index in [1.807, 2.05) is 38.1 Å². The Hall–Kier alpha value is -2.67. The van der Waals surface area contributed by atoms with Crippen LogP contribution in [0, 0.1) is 6.92 Å². The van der Waals surface area contributed by atoms with E-state index >= 15 is 0 Å². The van der Waals surface area contributed by atoms with Gasteiger partial charge in [-0.15, -0.1) is 0 Å². The Balaban J connectivity index is 1.85. The van der Waals surface area contributed by atoms with Crippen LogP contribution in [0.4, 0.5) is 11.4 Å². The Bertz CT molecular complexity index is 807. The molecule has 0 aliphatic carbocycles. The number of hydrogen-bond acceptors (Lipinski definition) is 6. The molecule has 7 nitrogen and oxygen atoms in total. The number of carbonyl (C=O) groups excluding carboxylic acids is 1. The van der Waals surface area contributed by atoms with Crippen molar-refractivity contribution in [3.05, 3.63) is 55.8 Å². The van der Waals surface area contributed by atoms with Gasteiger partial charge < -0.3 is 10.6 Å².